The van der Waals surface area contributed by atoms with Gasteiger partial charge in [0, 0.05) is 24.8 Å². The Morgan fingerprint density at radius 1 is 1.11 bits per heavy atom. The fourth-order valence-corrected chi connectivity index (χ4v) is 4.31. The molecule has 0 bridgehead atoms. The van der Waals surface area contributed by atoms with Gasteiger partial charge in [-0.3, -0.25) is 14.2 Å². The molecule has 5 rings (SSSR count). The van der Waals surface area contributed by atoms with Crippen molar-refractivity contribution < 1.29 is 8.78 Å². The van der Waals surface area contributed by atoms with Crippen LogP contribution < -0.4 is 16.7 Å². The predicted molar refractivity (Wildman–Crippen MR) is 141 cm³/mol. The van der Waals surface area contributed by atoms with Crippen molar-refractivity contribution in [1.29, 1.82) is 0 Å². The molecule has 1 N–H and O–H groups in total. The van der Waals surface area contributed by atoms with E-state index in [-0.39, 0.29) is 34.3 Å². The van der Waals surface area contributed by atoms with Crippen LogP contribution in [0.25, 0.3) is 22.7 Å². The lowest BCUT2D eigenvalue weighted by Gasteiger charge is -2.17. The van der Waals surface area contributed by atoms with Crippen LogP contribution in [0.15, 0.2) is 65.1 Å². The third-order valence-electron chi connectivity index (χ3n) is 5.87. The van der Waals surface area contributed by atoms with Gasteiger partial charge in [-0.2, -0.15) is 10.1 Å². The van der Waals surface area contributed by atoms with Gasteiger partial charge in [-0.15, -0.1) is 0 Å². The summed E-state index contributed by atoms with van der Waals surface area (Å²) in [5.41, 5.74) is 0.793. The molecule has 2 aromatic carbocycles. The van der Waals surface area contributed by atoms with Crippen LogP contribution in [0, 0.1) is 18.6 Å². The Kier molecular flexibility index (Phi) is 6.37. The number of aryl methyl sites for hydroxylation is 2. The second kappa shape index (κ2) is 9.67. The van der Waals surface area contributed by atoms with E-state index in [1.54, 1.807) is 49.2 Å². The molecule has 0 amide bonds. The monoisotopic (exact) mass is 535 g/mol. The smallest absolute Gasteiger partial charge is 0.324 e. The first-order valence-corrected chi connectivity index (χ1v) is 11.7. The van der Waals surface area contributed by atoms with E-state index in [0.717, 1.165) is 26.7 Å². The minimum absolute atomic E-state index is 0.151. The maximum atomic E-state index is 14.2. The number of pyridine rings is 1. The highest BCUT2D eigenvalue weighted by Gasteiger charge is 2.19. The first-order chi connectivity index (χ1) is 18.1. The average Bonchev–Trinajstić information content (AvgIpc) is 3.22. The molecular weight excluding hydrogens is 516 g/mol. The van der Waals surface area contributed by atoms with Crippen molar-refractivity contribution >= 4 is 40.2 Å². The van der Waals surface area contributed by atoms with Crippen molar-refractivity contribution in [2.45, 2.75) is 13.5 Å². The summed E-state index contributed by atoms with van der Waals surface area (Å²) in [4.78, 5) is 35.0. The molecule has 3 heterocycles. The highest BCUT2D eigenvalue weighted by molar-refractivity contribution is 6.34. The molecule has 9 nitrogen and oxygen atoms in total. The molecule has 0 radical (unpaired) electrons. The Morgan fingerprint density at radius 3 is 2.61 bits per heavy atom. The van der Waals surface area contributed by atoms with Gasteiger partial charge in [-0.25, -0.2) is 22.9 Å². The Balaban J connectivity index is 1.72. The van der Waals surface area contributed by atoms with Crippen LogP contribution in [0.5, 0.6) is 0 Å². The largest absolute Gasteiger partial charge is 0.359 e. The molecule has 0 aliphatic rings. The van der Waals surface area contributed by atoms with Crippen LogP contribution in [-0.2, 0) is 13.6 Å². The molecule has 0 aliphatic carbocycles. The zero-order valence-corrected chi connectivity index (χ0v) is 21.0. The average molecular weight is 536 g/mol. The summed E-state index contributed by atoms with van der Waals surface area (Å²) >= 11 is 6.46. The highest BCUT2D eigenvalue weighted by Crippen LogP contribution is 2.29. The number of halogens is 3. The Hall–Kier alpha value is -4.64. The molecule has 3 aromatic heterocycles. The van der Waals surface area contributed by atoms with Gasteiger partial charge in [0.05, 0.1) is 34.7 Å². The van der Waals surface area contributed by atoms with Crippen molar-refractivity contribution in [2.24, 2.45) is 7.05 Å². The molecule has 12 heteroatoms. The van der Waals surface area contributed by atoms with Crippen LogP contribution in [0.2, 0.25) is 5.02 Å². The number of rotatable bonds is 6. The minimum Gasteiger partial charge on any atom is -0.324 e. The van der Waals surface area contributed by atoms with Crippen molar-refractivity contribution in [1.82, 2.24) is 28.9 Å². The van der Waals surface area contributed by atoms with Gasteiger partial charge in [0.1, 0.15) is 0 Å². The minimum atomic E-state index is -1.10. The predicted octanol–water partition coefficient (Wildman–Crippen LogP) is 4.35. The maximum Gasteiger partial charge on any atom is 0.359 e. The van der Waals surface area contributed by atoms with Crippen molar-refractivity contribution in [3.63, 3.8) is 0 Å². The van der Waals surface area contributed by atoms with Crippen molar-refractivity contribution in [2.75, 3.05) is 5.32 Å². The van der Waals surface area contributed by atoms with E-state index in [1.165, 1.54) is 12.3 Å². The lowest BCUT2D eigenvalue weighted by Crippen LogP contribution is -2.42. The molecule has 0 unspecified atom stereocenters. The molecule has 0 aliphatic heterocycles. The third kappa shape index (κ3) is 4.59. The van der Waals surface area contributed by atoms with Crippen molar-refractivity contribution in [3.8, 4) is 5.69 Å². The summed E-state index contributed by atoms with van der Waals surface area (Å²) in [6, 6.07) is 6.89. The number of fused-ring (bicyclic) bond motifs is 1. The van der Waals surface area contributed by atoms with Crippen LogP contribution in [0.1, 0.15) is 16.7 Å². The van der Waals surface area contributed by atoms with Gasteiger partial charge in [0.2, 0.25) is 5.95 Å². The summed E-state index contributed by atoms with van der Waals surface area (Å²) in [6.07, 6.45) is 6.05. The highest BCUT2D eigenvalue weighted by atomic mass is 35.5. The zero-order valence-electron chi connectivity index (χ0n) is 20.2. The van der Waals surface area contributed by atoms with Crippen LogP contribution in [0.4, 0.5) is 20.4 Å². The first kappa shape index (κ1) is 25.0. The second-order valence-electron chi connectivity index (χ2n) is 8.63. The molecule has 0 spiro atoms. The van der Waals surface area contributed by atoms with E-state index in [2.05, 4.69) is 27.0 Å². The van der Waals surface area contributed by atoms with Gasteiger partial charge in [-0.1, -0.05) is 24.3 Å². The summed E-state index contributed by atoms with van der Waals surface area (Å²) in [6.45, 7) is 5.15. The molecular formula is C26H20ClF2N7O2. The summed E-state index contributed by atoms with van der Waals surface area (Å²) in [5, 5.41) is 8.29. The maximum absolute atomic E-state index is 14.2. The van der Waals surface area contributed by atoms with E-state index in [0.29, 0.717) is 16.8 Å². The Bertz CT molecular complexity index is 1860. The van der Waals surface area contributed by atoms with E-state index in [9.17, 15) is 18.4 Å². The van der Waals surface area contributed by atoms with Gasteiger partial charge in [0.25, 0.3) is 0 Å². The van der Waals surface area contributed by atoms with Crippen LogP contribution in [0.3, 0.4) is 0 Å². The zero-order chi connectivity index (χ0) is 27.1. The molecule has 38 heavy (non-hydrogen) atoms. The molecule has 0 atom stereocenters. The Labute approximate surface area is 219 Å². The third-order valence-corrected chi connectivity index (χ3v) is 6.19. The summed E-state index contributed by atoms with van der Waals surface area (Å²) < 4.78 is 31.7. The van der Waals surface area contributed by atoms with Gasteiger partial charge < -0.3 is 5.32 Å². The van der Waals surface area contributed by atoms with Crippen LogP contribution >= 0.6 is 11.6 Å². The molecule has 5 aromatic rings. The number of benzene rings is 2. The standard InChI is InChI=1S/C26H20ClF2N7O2/c1-4-15-6-20(28)21(29)7-16(15)13-35-24(31-23-8-17-12-34(3)33-22(17)9-19(23)27)32-25(37)36(26(35)38)18-5-14(2)10-30-11-18/h4-12H,1,13H2,2-3H3,(H,31,32,37). The normalized spacial score (nSPS) is 11.2. The molecule has 0 saturated carbocycles. The van der Waals surface area contributed by atoms with E-state index < -0.39 is 23.0 Å². The fraction of sp³-hybridized carbons (Fsp3) is 0.115. The van der Waals surface area contributed by atoms with E-state index in [1.807, 2.05) is 0 Å². The first-order valence-electron chi connectivity index (χ1n) is 11.3. The van der Waals surface area contributed by atoms with Gasteiger partial charge in [-0.05, 0) is 53.9 Å². The number of aromatic nitrogens is 6. The summed E-state index contributed by atoms with van der Waals surface area (Å²) in [5.74, 6) is -2.30. The number of hydrogen-bond acceptors (Lipinski definition) is 6. The topological polar surface area (TPSA) is 99.6 Å². The molecule has 192 valence electrons. The lowest BCUT2D eigenvalue weighted by molar-refractivity contribution is 0.505. The SMILES string of the molecule is C=Cc1cc(F)c(F)cc1Cn1c(Nc2cc3cn(C)nc3cc2Cl)nc(=O)n(-c2cncc(C)c2)c1=O. The summed E-state index contributed by atoms with van der Waals surface area (Å²) in [7, 11) is 1.76. The Morgan fingerprint density at radius 2 is 1.87 bits per heavy atom. The van der Waals surface area contributed by atoms with Gasteiger partial charge in [0.15, 0.2) is 11.6 Å². The van der Waals surface area contributed by atoms with Gasteiger partial charge >= 0.3 is 11.4 Å². The van der Waals surface area contributed by atoms with Crippen LogP contribution in [-0.4, -0.2) is 28.9 Å². The molecule has 0 fully saturated rings. The van der Waals surface area contributed by atoms with E-state index >= 15 is 0 Å². The number of hydrogen-bond donors (Lipinski definition) is 1. The quantitative estimate of drug-likeness (QED) is 0.347. The van der Waals surface area contributed by atoms with E-state index in [4.69, 9.17) is 11.6 Å². The lowest BCUT2D eigenvalue weighted by atomic mass is 10.1. The number of nitrogens with zero attached hydrogens (tertiary/aromatic N) is 6. The van der Waals surface area contributed by atoms with Crippen molar-refractivity contribution in [3.05, 3.63) is 110 Å². The second-order valence-corrected chi connectivity index (χ2v) is 9.04. The number of nitrogens with one attached hydrogen (secondary N) is 1. The molecule has 0 saturated heterocycles. The number of anilines is 2. The fourth-order valence-electron chi connectivity index (χ4n) is 4.10.